The minimum absolute atomic E-state index is 0.0180. The molecule has 2 aliphatic rings. The Bertz CT molecular complexity index is 1200. The third kappa shape index (κ3) is 3.93. The van der Waals surface area contributed by atoms with Crippen LogP contribution in [0.4, 0.5) is 22.9 Å². The molecule has 2 aromatic carbocycles. The molecular weight excluding hydrogens is 422 g/mol. The molecule has 3 heterocycles. The molecule has 1 fully saturated rings. The first kappa shape index (κ1) is 20.7. The van der Waals surface area contributed by atoms with Gasteiger partial charge in [-0.25, -0.2) is 0 Å². The molecule has 9 nitrogen and oxygen atoms in total. The minimum Gasteiger partial charge on any atom is -0.497 e. The summed E-state index contributed by atoms with van der Waals surface area (Å²) in [6.07, 6.45) is 2.07. The topological polar surface area (TPSA) is 113 Å². The normalized spacial score (nSPS) is 14.7. The van der Waals surface area contributed by atoms with Crippen LogP contribution in [-0.4, -0.2) is 48.6 Å². The summed E-state index contributed by atoms with van der Waals surface area (Å²) < 4.78 is 10.9. The molecule has 2 aliphatic heterocycles. The highest BCUT2D eigenvalue weighted by molar-refractivity contribution is 6.08. The average molecular weight is 447 g/mol. The summed E-state index contributed by atoms with van der Waals surface area (Å²) in [7, 11) is 1.59. The van der Waals surface area contributed by atoms with Crippen LogP contribution in [0.3, 0.4) is 0 Å². The molecule has 4 N–H and O–H groups in total. The number of nitrogens with two attached hydrogens (primary N) is 1. The van der Waals surface area contributed by atoms with Crippen molar-refractivity contribution in [2.45, 2.75) is 12.8 Å². The molecule has 0 atom stereocenters. The van der Waals surface area contributed by atoms with E-state index in [-0.39, 0.29) is 18.5 Å². The van der Waals surface area contributed by atoms with Crippen LogP contribution in [0.15, 0.2) is 48.5 Å². The number of ether oxygens (including phenoxy) is 2. The molecular formula is C24H25N5O4. The van der Waals surface area contributed by atoms with Gasteiger partial charge in [-0.05, 0) is 55.3 Å². The second-order valence-corrected chi connectivity index (χ2v) is 8.05. The molecule has 1 saturated heterocycles. The van der Waals surface area contributed by atoms with Gasteiger partial charge in [-0.3, -0.25) is 14.5 Å². The summed E-state index contributed by atoms with van der Waals surface area (Å²) in [5, 5.41) is 2.84. The number of aromatic amines is 1. The summed E-state index contributed by atoms with van der Waals surface area (Å²) in [5.41, 5.74) is 8.84. The summed E-state index contributed by atoms with van der Waals surface area (Å²) in [6, 6.07) is 14.0. The van der Waals surface area contributed by atoms with Gasteiger partial charge in [-0.2, -0.15) is 0 Å². The van der Waals surface area contributed by atoms with Crippen molar-refractivity contribution < 1.29 is 19.1 Å². The van der Waals surface area contributed by atoms with Crippen LogP contribution in [0.2, 0.25) is 0 Å². The van der Waals surface area contributed by atoms with Gasteiger partial charge in [0, 0.05) is 36.2 Å². The number of fused-ring (bicyclic) bond motifs is 1. The maximum atomic E-state index is 12.7. The molecule has 33 heavy (non-hydrogen) atoms. The number of aromatic nitrogens is 1. The molecule has 0 unspecified atom stereocenters. The number of hydrogen-bond donors (Lipinski definition) is 3. The van der Waals surface area contributed by atoms with Gasteiger partial charge in [0.05, 0.1) is 12.7 Å². The number of amides is 2. The molecule has 0 bridgehead atoms. The zero-order valence-electron chi connectivity index (χ0n) is 18.3. The number of methoxy groups -OCH3 is 1. The summed E-state index contributed by atoms with van der Waals surface area (Å²) >= 11 is 0. The van der Waals surface area contributed by atoms with Gasteiger partial charge in [0.1, 0.15) is 11.4 Å². The SMILES string of the molecule is COc1ccc(NC(=O)c2ccc(N3COc4cc(C(=O)N5CCCC5)[nH]c43)cc2N)cc1. The number of rotatable bonds is 5. The Kier molecular flexibility index (Phi) is 5.29. The molecule has 3 aromatic rings. The van der Waals surface area contributed by atoms with Gasteiger partial charge in [-0.15, -0.1) is 0 Å². The number of likely N-dealkylation sites (tertiary alicyclic amines) is 1. The fourth-order valence-corrected chi connectivity index (χ4v) is 4.14. The number of hydrogen-bond acceptors (Lipinski definition) is 6. The van der Waals surface area contributed by atoms with E-state index in [4.69, 9.17) is 15.2 Å². The number of H-pyrrole nitrogens is 1. The number of benzene rings is 2. The Morgan fingerprint density at radius 1 is 1.09 bits per heavy atom. The van der Waals surface area contributed by atoms with Gasteiger partial charge >= 0.3 is 0 Å². The highest BCUT2D eigenvalue weighted by Crippen LogP contribution is 2.40. The van der Waals surface area contributed by atoms with Crippen LogP contribution in [-0.2, 0) is 0 Å². The number of nitrogens with one attached hydrogen (secondary N) is 2. The minimum atomic E-state index is -0.305. The predicted octanol–water partition coefficient (Wildman–Crippen LogP) is 3.58. The van der Waals surface area contributed by atoms with E-state index in [1.165, 1.54) is 0 Å². The van der Waals surface area contributed by atoms with Crippen molar-refractivity contribution >= 4 is 34.7 Å². The third-order valence-corrected chi connectivity index (χ3v) is 5.94. The Morgan fingerprint density at radius 3 is 2.55 bits per heavy atom. The molecule has 170 valence electrons. The van der Waals surface area contributed by atoms with Crippen LogP contribution in [0.1, 0.15) is 33.7 Å². The molecule has 1 aromatic heterocycles. The van der Waals surface area contributed by atoms with Crippen molar-refractivity contribution in [3.05, 3.63) is 59.8 Å². The lowest BCUT2D eigenvalue weighted by Crippen LogP contribution is -2.28. The average Bonchev–Trinajstić information content (AvgIpc) is 3.56. The lowest BCUT2D eigenvalue weighted by Gasteiger charge is -2.18. The monoisotopic (exact) mass is 447 g/mol. The Morgan fingerprint density at radius 2 is 1.85 bits per heavy atom. The largest absolute Gasteiger partial charge is 0.497 e. The van der Waals surface area contributed by atoms with E-state index in [2.05, 4.69) is 10.3 Å². The quantitative estimate of drug-likeness (QED) is 0.516. The van der Waals surface area contributed by atoms with Gasteiger partial charge in [-0.1, -0.05) is 0 Å². The Hall–Kier alpha value is -4.14. The van der Waals surface area contributed by atoms with E-state index in [0.717, 1.165) is 31.6 Å². The maximum Gasteiger partial charge on any atom is 0.270 e. The second-order valence-electron chi connectivity index (χ2n) is 8.05. The molecule has 0 radical (unpaired) electrons. The third-order valence-electron chi connectivity index (χ3n) is 5.94. The summed E-state index contributed by atoms with van der Waals surface area (Å²) in [4.78, 5) is 32.4. The first-order valence-corrected chi connectivity index (χ1v) is 10.8. The fraction of sp³-hybridized carbons (Fsp3) is 0.250. The number of carbonyl (C=O) groups is 2. The zero-order chi connectivity index (χ0) is 22.9. The first-order valence-electron chi connectivity index (χ1n) is 10.8. The smallest absolute Gasteiger partial charge is 0.270 e. The van der Waals surface area contributed by atoms with Crippen molar-refractivity contribution in [2.24, 2.45) is 0 Å². The van der Waals surface area contributed by atoms with E-state index < -0.39 is 0 Å². The highest BCUT2D eigenvalue weighted by Gasteiger charge is 2.29. The first-order chi connectivity index (χ1) is 16.0. The van der Waals surface area contributed by atoms with Gasteiger partial charge in [0.2, 0.25) is 0 Å². The molecule has 0 spiro atoms. The fourth-order valence-electron chi connectivity index (χ4n) is 4.14. The van der Waals surface area contributed by atoms with Crippen LogP contribution in [0.5, 0.6) is 11.5 Å². The van der Waals surface area contributed by atoms with Crippen LogP contribution in [0.25, 0.3) is 0 Å². The molecule has 2 amide bonds. The Balaban J connectivity index is 1.33. The summed E-state index contributed by atoms with van der Waals surface area (Å²) in [5.74, 6) is 1.71. The van der Waals surface area contributed by atoms with Gasteiger partial charge in [0.25, 0.3) is 11.8 Å². The zero-order valence-corrected chi connectivity index (χ0v) is 18.3. The lowest BCUT2D eigenvalue weighted by molar-refractivity contribution is 0.0787. The summed E-state index contributed by atoms with van der Waals surface area (Å²) in [6.45, 7) is 1.85. The van der Waals surface area contributed by atoms with E-state index in [0.29, 0.717) is 39.9 Å². The van der Waals surface area contributed by atoms with Gasteiger partial charge in [0.15, 0.2) is 18.3 Å². The lowest BCUT2D eigenvalue weighted by atomic mass is 10.1. The molecule has 0 saturated carbocycles. The second kappa shape index (κ2) is 8.42. The predicted molar refractivity (Wildman–Crippen MR) is 125 cm³/mol. The standard InChI is InChI=1S/C24H25N5O4/c1-32-17-7-4-15(5-8-17)26-23(30)18-9-6-16(12-19(18)25)29-14-33-21-13-20(27-22(21)29)24(31)28-10-2-3-11-28/h4-9,12-13,27H,2-3,10-11,14,25H2,1H3,(H,26,30). The Labute approximate surface area is 191 Å². The van der Waals surface area contributed by atoms with Gasteiger partial charge < -0.3 is 30.4 Å². The van der Waals surface area contributed by atoms with Crippen LogP contribution in [0, 0.1) is 0 Å². The van der Waals surface area contributed by atoms with E-state index in [1.807, 2.05) is 9.80 Å². The van der Waals surface area contributed by atoms with Crippen molar-refractivity contribution in [3.63, 3.8) is 0 Å². The van der Waals surface area contributed by atoms with E-state index in [9.17, 15) is 9.59 Å². The number of anilines is 4. The number of nitrogen functional groups attached to an aromatic ring is 1. The highest BCUT2D eigenvalue weighted by atomic mass is 16.5. The molecule has 0 aliphatic carbocycles. The molecule has 5 rings (SSSR count). The molecule has 9 heteroatoms. The van der Waals surface area contributed by atoms with Crippen LogP contribution < -0.4 is 25.4 Å². The number of carbonyl (C=O) groups excluding carboxylic acids is 2. The van der Waals surface area contributed by atoms with Crippen LogP contribution >= 0.6 is 0 Å². The van der Waals surface area contributed by atoms with E-state index >= 15 is 0 Å². The van der Waals surface area contributed by atoms with Crippen molar-refractivity contribution in [1.29, 1.82) is 0 Å². The maximum absolute atomic E-state index is 12.7. The van der Waals surface area contributed by atoms with Crippen molar-refractivity contribution in [1.82, 2.24) is 9.88 Å². The number of nitrogens with zero attached hydrogens (tertiary/aromatic N) is 2. The van der Waals surface area contributed by atoms with E-state index in [1.54, 1.807) is 55.6 Å². The van der Waals surface area contributed by atoms with Crippen molar-refractivity contribution in [2.75, 3.05) is 42.9 Å². The van der Waals surface area contributed by atoms with Crippen molar-refractivity contribution in [3.8, 4) is 11.5 Å².